The molecule has 3 nitrogen and oxygen atoms in total. The average Bonchev–Trinajstić information content (AvgIpc) is 2.51. The van der Waals surface area contributed by atoms with Crippen LogP contribution in [0, 0.1) is 13.8 Å². The van der Waals surface area contributed by atoms with Crippen LogP contribution in [0.15, 0.2) is 24.3 Å². The number of benzene rings is 1. The summed E-state index contributed by atoms with van der Waals surface area (Å²) in [5.74, 6) is 0. The molecule has 1 N–H and O–H groups in total. The zero-order valence-electron chi connectivity index (χ0n) is 10.3. The Hall–Kier alpha value is -1.48. The van der Waals surface area contributed by atoms with E-state index in [-0.39, 0.29) is 0 Å². The van der Waals surface area contributed by atoms with Gasteiger partial charge in [-0.2, -0.15) is 5.10 Å². The van der Waals surface area contributed by atoms with E-state index in [0.29, 0.717) is 0 Å². The molecule has 0 aliphatic heterocycles. The Morgan fingerprint density at radius 1 is 1.35 bits per heavy atom. The van der Waals surface area contributed by atoms with E-state index < -0.39 is 0 Å². The second kappa shape index (κ2) is 4.80. The zero-order valence-corrected chi connectivity index (χ0v) is 11.0. The van der Waals surface area contributed by atoms with E-state index in [4.69, 9.17) is 11.6 Å². The van der Waals surface area contributed by atoms with E-state index in [0.717, 1.165) is 22.9 Å². The monoisotopic (exact) mass is 249 g/mol. The molecular weight excluding hydrogens is 234 g/mol. The molecule has 1 heterocycles. The largest absolute Gasteiger partial charge is 0.381 e. The molecule has 0 radical (unpaired) electrons. The predicted molar refractivity (Wildman–Crippen MR) is 71.5 cm³/mol. The quantitative estimate of drug-likeness (QED) is 0.905. The molecule has 0 spiro atoms. The lowest BCUT2D eigenvalue weighted by Gasteiger charge is -2.07. The summed E-state index contributed by atoms with van der Waals surface area (Å²) in [4.78, 5) is 0. The number of rotatable bonds is 3. The summed E-state index contributed by atoms with van der Waals surface area (Å²) < 4.78 is 1.91. The highest BCUT2D eigenvalue weighted by Crippen LogP contribution is 2.18. The summed E-state index contributed by atoms with van der Waals surface area (Å²) in [5.41, 5.74) is 4.53. The van der Waals surface area contributed by atoms with E-state index in [9.17, 15) is 0 Å². The molecule has 0 bridgehead atoms. The molecule has 0 aliphatic rings. The third-order valence-corrected chi connectivity index (χ3v) is 3.19. The van der Waals surface area contributed by atoms with Crippen LogP contribution in [0.3, 0.4) is 0 Å². The van der Waals surface area contributed by atoms with Gasteiger partial charge in [0.15, 0.2) is 0 Å². The predicted octanol–water partition coefficient (Wildman–Crippen LogP) is 3.30. The summed E-state index contributed by atoms with van der Waals surface area (Å²) in [6.45, 7) is 4.88. The normalized spacial score (nSPS) is 10.6. The first-order valence-corrected chi connectivity index (χ1v) is 5.94. The molecule has 4 heteroatoms. The minimum atomic E-state index is 0.745. The molecule has 0 atom stereocenters. The van der Waals surface area contributed by atoms with Gasteiger partial charge in [-0.15, -0.1) is 0 Å². The van der Waals surface area contributed by atoms with Crippen molar-refractivity contribution in [1.82, 2.24) is 9.78 Å². The maximum Gasteiger partial charge on any atom is 0.0646 e. The van der Waals surface area contributed by atoms with Gasteiger partial charge < -0.3 is 5.32 Å². The van der Waals surface area contributed by atoms with Crippen molar-refractivity contribution in [2.75, 3.05) is 5.32 Å². The first kappa shape index (κ1) is 12.0. The van der Waals surface area contributed by atoms with Gasteiger partial charge in [-0.05, 0) is 32.0 Å². The Morgan fingerprint density at radius 2 is 2.12 bits per heavy atom. The van der Waals surface area contributed by atoms with Crippen molar-refractivity contribution >= 4 is 17.3 Å². The van der Waals surface area contributed by atoms with Crippen molar-refractivity contribution in [2.24, 2.45) is 7.05 Å². The van der Waals surface area contributed by atoms with Gasteiger partial charge >= 0.3 is 0 Å². The highest BCUT2D eigenvalue weighted by molar-refractivity contribution is 6.30. The number of nitrogens with one attached hydrogen (secondary N) is 1. The fourth-order valence-electron chi connectivity index (χ4n) is 1.86. The van der Waals surface area contributed by atoms with Gasteiger partial charge in [0.05, 0.1) is 5.69 Å². The number of hydrogen-bond acceptors (Lipinski definition) is 2. The number of nitrogens with zero attached hydrogens (tertiary/aromatic N) is 2. The summed E-state index contributed by atoms with van der Waals surface area (Å²) in [5, 5.41) is 8.50. The topological polar surface area (TPSA) is 29.9 Å². The third-order valence-electron chi connectivity index (χ3n) is 2.95. The summed E-state index contributed by atoms with van der Waals surface area (Å²) in [6, 6.07) is 7.73. The van der Waals surface area contributed by atoms with E-state index in [1.165, 1.54) is 11.3 Å². The van der Waals surface area contributed by atoms with Crippen molar-refractivity contribution < 1.29 is 0 Å². The van der Waals surface area contributed by atoms with E-state index in [2.05, 4.69) is 17.3 Å². The van der Waals surface area contributed by atoms with Gasteiger partial charge in [0.1, 0.15) is 0 Å². The fourth-order valence-corrected chi connectivity index (χ4v) is 2.05. The second-order valence-corrected chi connectivity index (χ2v) is 4.57. The molecule has 2 rings (SSSR count). The number of hydrogen-bond donors (Lipinski definition) is 1. The van der Waals surface area contributed by atoms with Gasteiger partial charge in [0.25, 0.3) is 0 Å². The van der Waals surface area contributed by atoms with Crippen molar-refractivity contribution in [3.05, 3.63) is 46.2 Å². The lowest BCUT2D eigenvalue weighted by molar-refractivity contribution is 0.730. The van der Waals surface area contributed by atoms with Gasteiger partial charge in [0.2, 0.25) is 0 Å². The zero-order chi connectivity index (χ0) is 12.4. The first-order valence-electron chi connectivity index (χ1n) is 5.56. The smallest absolute Gasteiger partial charge is 0.0646 e. The SMILES string of the molecule is Cc1nn(C)c(C)c1CNc1cccc(Cl)c1. The number of aryl methyl sites for hydroxylation is 2. The molecule has 1 aromatic carbocycles. The molecule has 0 saturated carbocycles. The lowest BCUT2D eigenvalue weighted by Crippen LogP contribution is -2.02. The van der Waals surface area contributed by atoms with Crippen molar-refractivity contribution in [1.29, 1.82) is 0 Å². The van der Waals surface area contributed by atoms with Gasteiger partial charge in [-0.1, -0.05) is 17.7 Å². The highest BCUT2D eigenvalue weighted by atomic mass is 35.5. The van der Waals surface area contributed by atoms with Gasteiger partial charge in [0, 0.05) is 35.6 Å². The van der Waals surface area contributed by atoms with Crippen LogP contribution in [-0.4, -0.2) is 9.78 Å². The minimum absolute atomic E-state index is 0.745. The first-order chi connectivity index (χ1) is 8.08. The van der Waals surface area contributed by atoms with Crippen LogP contribution in [0.1, 0.15) is 17.0 Å². The molecule has 0 unspecified atom stereocenters. The molecular formula is C13H16ClN3. The van der Waals surface area contributed by atoms with Crippen LogP contribution in [0.5, 0.6) is 0 Å². The highest BCUT2D eigenvalue weighted by Gasteiger charge is 2.08. The molecule has 17 heavy (non-hydrogen) atoms. The third kappa shape index (κ3) is 2.61. The van der Waals surface area contributed by atoms with Crippen LogP contribution < -0.4 is 5.32 Å². The number of anilines is 1. The van der Waals surface area contributed by atoms with Gasteiger partial charge in [-0.25, -0.2) is 0 Å². The maximum absolute atomic E-state index is 5.94. The van der Waals surface area contributed by atoms with Crippen molar-refractivity contribution in [3.63, 3.8) is 0 Å². The lowest BCUT2D eigenvalue weighted by atomic mass is 10.2. The van der Waals surface area contributed by atoms with E-state index in [1.54, 1.807) is 0 Å². The Kier molecular flexibility index (Phi) is 3.38. The molecule has 2 aromatic rings. The minimum Gasteiger partial charge on any atom is -0.381 e. The molecule has 0 amide bonds. The Bertz CT molecular complexity index is 531. The average molecular weight is 250 g/mol. The maximum atomic E-state index is 5.94. The van der Waals surface area contributed by atoms with E-state index >= 15 is 0 Å². The van der Waals surface area contributed by atoms with Crippen LogP contribution in [0.4, 0.5) is 5.69 Å². The molecule has 0 fully saturated rings. The van der Waals surface area contributed by atoms with Crippen LogP contribution >= 0.6 is 11.6 Å². The number of halogens is 1. The molecule has 1 aromatic heterocycles. The summed E-state index contributed by atoms with van der Waals surface area (Å²) >= 11 is 5.94. The van der Waals surface area contributed by atoms with Crippen molar-refractivity contribution in [3.8, 4) is 0 Å². The Morgan fingerprint density at radius 3 is 2.71 bits per heavy atom. The summed E-state index contributed by atoms with van der Waals surface area (Å²) in [7, 11) is 1.96. The van der Waals surface area contributed by atoms with Crippen LogP contribution in [0.2, 0.25) is 5.02 Å². The van der Waals surface area contributed by atoms with E-state index in [1.807, 2.05) is 42.9 Å². The molecule has 0 saturated heterocycles. The second-order valence-electron chi connectivity index (χ2n) is 4.14. The molecule has 0 aliphatic carbocycles. The standard InChI is InChI=1S/C13H16ClN3/c1-9-13(10(2)17(3)16-9)8-15-12-6-4-5-11(14)7-12/h4-7,15H,8H2,1-3H3. The Balaban J connectivity index is 2.12. The summed E-state index contributed by atoms with van der Waals surface area (Å²) in [6.07, 6.45) is 0. The van der Waals surface area contributed by atoms with Gasteiger partial charge in [-0.3, -0.25) is 4.68 Å². The number of aromatic nitrogens is 2. The molecule has 90 valence electrons. The Labute approximate surface area is 106 Å². The van der Waals surface area contributed by atoms with Crippen molar-refractivity contribution in [2.45, 2.75) is 20.4 Å². The van der Waals surface area contributed by atoms with Crippen LogP contribution in [0.25, 0.3) is 0 Å². The van der Waals surface area contributed by atoms with Crippen LogP contribution in [-0.2, 0) is 13.6 Å². The fraction of sp³-hybridized carbons (Fsp3) is 0.308.